The monoisotopic (exact) mass is 326 g/mol. The van der Waals surface area contributed by atoms with Gasteiger partial charge in [-0.15, -0.1) is 0 Å². The van der Waals surface area contributed by atoms with Crippen LogP contribution >= 0.6 is 11.6 Å². The van der Waals surface area contributed by atoms with Crippen molar-refractivity contribution >= 4 is 11.6 Å². The molecule has 124 valence electrons. The maximum atomic E-state index is 6.35. The van der Waals surface area contributed by atoms with Crippen LogP contribution in [-0.2, 0) is 6.54 Å². The number of rotatable bonds is 8. The highest BCUT2D eigenvalue weighted by Gasteiger charge is 2.22. The first-order valence-corrected chi connectivity index (χ1v) is 8.51. The van der Waals surface area contributed by atoms with Crippen LogP contribution in [0.3, 0.4) is 0 Å². The maximum absolute atomic E-state index is 6.35. The van der Waals surface area contributed by atoms with E-state index >= 15 is 0 Å². The van der Waals surface area contributed by atoms with Crippen molar-refractivity contribution in [3.05, 3.63) is 22.7 Å². The van der Waals surface area contributed by atoms with E-state index in [2.05, 4.69) is 17.1 Å². The summed E-state index contributed by atoms with van der Waals surface area (Å²) in [6.07, 6.45) is 2.58. The highest BCUT2D eigenvalue weighted by molar-refractivity contribution is 6.31. The van der Waals surface area contributed by atoms with Gasteiger partial charge in [0.2, 0.25) is 0 Å². The zero-order valence-electron chi connectivity index (χ0n) is 13.8. The molecule has 1 aliphatic heterocycles. The van der Waals surface area contributed by atoms with Crippen molar-refractivity contribution < 1.29 is 9.47 Å². The molecule has 1 heterocycles. The molecule has 0 radical (unpaired) electrons. The van der Waals surface area contributed by atoms with Gasteiger partial charge in [0.15, 0.2) is 11.5 Å². The minimum atomic E-state index is 0.610. The summed E-state index contributed by atoms with van der Waals surface area (Å²) in [5.41, 5.74) is 1.05. The Bertz CT molecular complexity index is 482. The number of likely N-dealkylation sites (N-methyl/N-ethyl adjacent to an activating group) is 1. The highest BCUT2D eigenvalue weighted by atomic mass is 35.5. The molecule has 1 atom stereocenters. The highest BCUT2D eigenvalue weighted by Crippen LogP contribution is 2.33. The van der Waals surface area contributed by atoms with E-state index in [4.69, 9.17) is 21.1 Å². The van der Waals surface area contributed by atoms with Crippen molar-refractivity contribution in [2.45, 2.75) is 39.3 Å². The summed E-state index contributed by atoms with van der Waals surface area (Å²) in [4.78, 5) is 2.54. The predicted molar refractivity (Wildman–Crippen MR) is 91.1 cm³/mol. The van der Waals surface area contributed by atoms with Crippen LogP contribution in [0.1, 0.15) is 32.3 Å². The predicted octanol–water partition coefficient (Wildman–Crippen LogP) is 3.32. The summed E-state index contributed by atoms with van der Waals surface area (Å²) in [5, 5.41) is 4.25. The van der Waals surface area contributed by atoms with Crippen LogP contribution in [0.4, 0.5) is 0 Å². The van der Waals surface area contributed by atoms with Gasteiger partial charge in [-0.1, -0.05) is 18.5 Å². The Hall–Kier alpha value is -0.970. The minimum Gasteiger partial charge on any atom is -0.493 e. The topological polar surface area (TPSA) is 33.7 Å². The van der Waals surface area contributed by atoms with Crippen molar-refractivity contribution in [1.29, 1.82) is 0 Å². The van der Waals surface area contributed by atoms with Crippen molar-refractivity contribution in [2.75, 3.05) is 33.4 Å². The van der Waals surface area contributed by atoms with Crippen molar-refractivity contribution in [1.82, 2.24) is 10.2 Å². The van der Waals surface area contributed by atoms with Gasteiger partial charge in [0, 0.05) is 30.2 Å². The number of likely N-dealkylation sites (tertiary alicyclic amines) is 1. The van der Waals surface area contributed by atoms with Crippen molar-refractivity contribution in [3.63, 3.8) is 0 Å². The molecule has 0 amide bonds. The maximum Gasteiger partial charge on any atom is 0.162 e. The normalized spacial score (nSPS) is 18.6. The Balaban J connectivity index is 1.95. The summed E-state index contributed by atoms with van der Waals surface area (Å²) in [6.45, 7) is 8.90. The molecule has 1 unspecified atom stereocenters. The summed E-state index contributed by atoms with van der Waals surface area (Å²) in [6, 6.07) is 4.45. The number of hydrogen-bond donors (Lipinski definition) is 1. The first-order chi connectivity index (χ1) is 10.7. The van der Waals surface area contributed by atoms with Crippen LogP contribution < -0.4 is 14.8 Å². The molecule has 2 rings (SSSR count). The Morgan fingerprint density at radius 1 is 1.32 bits per heavy atom. The van der Waals surface area contributed by atoms with Crippen LogP contribution in [0.25, 0.3) is 0 Å². The van der Waals surface area contributed by atoms with Crippen LogP contribution in [0.5, 0.6) is 11.5 Å². The fraction of sp³-hybridized carbons (Fsp3) is 0.647. The van der Waals surface area contributed by atoms with E-state index in [1.807, 2.05) is 19.1 Å². The third-order valence-corrected chi connectivity index (χ3v) is 4.59. The van der Waals surface area contributed by atoms with Gasteiger partial charge in [0.05, 0.1) is 13.7 Å². The summed E-state index contributed by atoms with van der Waals surface area (Å²) >= 11 is 6.35. The molecule has 0 aromatic heterocycles. The Morgan fingerprint density at radius 3 is 2.82 bits per heavy atom. The average Bonchev–Trinajstić information content (AvgIpc) is 2.97. The first-order valence-electron chi connectivity index (χ1n) is 8.13. The van der Waals surface area contributed by atoms with Gasteiger partial charge in [-0.25, -0.2) is 0 Å². The molecule has 4 nitrogen and oxygen atoms in total. The second-order valence-electron chi connectivity index (χ2n) is 5.58. The third-order valence-electron chi connectivity index (χ3n) is 4.23. The van der Waals surface area contributed by atoms with E-state index in [0.29, 0.717) is 23.4 Å². The van der Waals surface area contributed by atoms with E-state index in [1.165, 1.54) is 19.4 Å². The van der Waals surface area contributed by atoms with Crippen molar-refractivity contribution in [3.8, 4) is 11.5 Å². The fourth-order valence-corrected chi connectivity index (χ4v) is 3.28. The molecular formula is C17H27ClN2O2. The van der Waals surface area contributed by atoms with Crippen LogP contribution in [0.2, 0.25) is 5.02 Å². The number of nitrogens with one attached hydrogen (secondary N) is 1. The zero-order valence-corrected chi connectivity index (χ0v) is 14.6. The molecule has 0 spiro atoms. The van der Waals surface area contributed by atoms with Crippen LogP contribution in [-0.4, -0.2) is 44.3 Å². The summed E-state index contributed by atoms with van der Waals surface area (Å²) in [5.74, 6) is 1.44. The Kier molecular flexibility index (Phi) is 6.80. The lowest BCUT2D eigenvalue weighted by atomic mass is 10.1. The van der Waals surface area contributed by atoms with Gasteiger partial charge in [-0.2, -0.15) is 0 Å². The quantitative estimate of drug-likeness (QED) is 0.794. The van der Waals surface area contributed by atoms with E-state index < -0.39 is 0 Å². The Morgan fingerprint density at radius 2 is 2.14 bits per heavy atom. The van der Waals surface area contributed by atoms with Crippen LogP contribution in [0.15, 0.2) is 12.1 Å². The number of hydrogen-bond acceptors (Lipinski definition) is 4. The summed E-state index contributed by atoms with van der Waals surface area (Å²) < 4.78 is 10.9. The molecular weight excluding hydrogens is 300 g/mol. The molecule has 22 heavy (non-hydrogen) atoms. The van der Waals surface area contributed by atoms with E-state index in [0.717, 1.165) is 30.9 Å². The first kappa shape index (κ1) is 17.4. The molecule has 1 aromatic rings. The largest absolute Gasteiger partial charge is 0.493 e. The van der Waals surface area contributed by atoms with Crippen LogP contribution in [0, 0.1) is 0 Å². The lowest BCUT2D eigenvalue weighted by molar-refractivity contribution is 0.260. The lowest BCUT2D eigenvalue weighted by Gasteiger charge is -2.23. The lowest BCUT2D eigenvalue weighted by Crippen LogP contribution is -2.37. The zero-order chi connectivity index (χ0) is 15.9. The summed E-state index contributed by atoms with van der Waals surface area (Å²) in [7, 11) is 1.63. The Labute approximate surface area is 138 Å². The molecule has 1 N–H and O–H groups in total. The van der Waals surface area contributed by atoms with Gasteiger partial charge in [-0.3, -0.25) is 4.90 Å². The second kappa shape index (κ2) is 8.61. The van der Waals surface area contributed by atoms with Gasteiger partial charge in [0.1, 0.15) is 0 Å². The van der Waals surface area contributed by atoms with Gasteiger partial charge in [0.25, 0.3) is 0 Å². The number of ether oxygens (including phenoxy) is 2. The van der Waals surface area contributed by atoms with Gasteiger partial charge >= 0.3 is 0 Å². The second-order valence-corrected chi connectivity index (χ2v) is 5.99. The van der Waals surface area contributed by atoms with Gasteiger partial charge < -0.3 is 14.8 Å². The van der Waals surface area contributed by atoms with Gasteiger partial charge in [-0.05, 0) is 44.5 Å². The third kappa shape index (κ3) is 4.28. The standard InChI is InChI=1S/C17H27ClN2O2/c1-4-20-8-6-7-14(20)12-19-11-13-9-17(22-5-2)16(21-3)10-15(13)18/h9-10,14,19H,4-8,11-12H2,1-3H3. The van der Waals surface area contributed by atoms with Crippen molar-refractivity contribution in [2.24, 2.45) is 0 Å². The average molecular weight is 327 g/mol. The van der Waals surface area contributed by atoms with E-state index in [-0.39, 0.29) is 0 Å². The number of methoxy groups -OCH3 is 1. The number of benzene rings is 1. The molecule has 0 saturated carbocycles. The molecule has 0 bridgehead atoms. The molecule has 1 aliphatic rings. The number of nitrogens with zero attached hydrogens (tertiary/aromatic N) is 1. The molecule has 0 aliphatic carbocycles. The molecule has 1 saturated heterocycles. The van der Waals surface area contributed by atoms with E-state index in [9.17, 15) is 0 Å². The molecule has 1 fully saturated rings. The molecule has 5 heteroatoms. The number of halogens is 1. The smallest absolute Gasteiger partial charge is 0.162 e. The fourth-order valence-electron chi connectivity index (χ4n) is 3.06. The van der Waals surface area contributed by atoms with E-state index in [1.54, 1.807) is 7.11 Å². The molecule has 1 aromatic carbocycles. The SMILES string of the molecule is CCOc1cc(CNCC2CCCN2CC)c(Cl)cc1OC. The minimum absolute atomic E-state index is 0.610.